The molecule has 1 aromatic rings. The predicted octanol–water partition coefficient (Wildman–Crippen LogP) is 4.03. The second-order valence-electron chi connectivity index (χ2n) is 6.40. The van der Waals surface area contributed by atoms with Gasteiger partial charge in [0, 0.05) is 18.7 Å². The average Bonchev–Trinajstić information content (AvgIpc) is 2.64. The van der Waals surface area contributed by atoms with E-state index in [4.69, 9.17) is 4.74 Å². The van der Waals surface area contributed by atoms with Gasteiger partial charge < -0.3 is 20.3 Å². The van der Waals surface area contributed by atoms with Gasteiger partial charge in [-0.25, -0.2) is 13.8 Å². The van der Waals surface area contributed by atoms with Crippen molar-refractivity contribution in [3.63, 3.8) is 0 Å². The zero-order valence-electron chi connectivity index (χ0n) is 17.4. The molecule has 1 aromatic carbocycles. The SMILES string of the molecule is CCNC(=NCCOc1ccc(F)cc1F)NC(C)CCCN(CC)CC.I. The Bertz CT molecular complexity index is 571. The fraction of sp³-hybridized carbons (Fsp3) is 0.650. The molecule has 1 rings (SSSR count). The summed E-state index contributed by atoms with van der Waals surface area (Å²) < 4.78 is 31.7. The second kappa shape index (κ2) is 15.7. The van der Waals surface area contributed by atoms with Crippen molar-refractivity contribution in [3.8, 4) is 5.75 Å². The van der Waals surface area contributed by atoms with Crippen LogP contribution in [-0.4, -0.2) is 56.2 Å². The highest BCUT2D eigenvalue weighted by Gasteiger charge is 2.07. The lowest BCUT2D eigenvalue weighted by Gasteiger charge is -2.21. The van der Waals surface area contributed by atoms with Gasteiger partial charge in [-0.2, -0.15) is 0 Å². The van der Waals surface area contributed by atoms with Crippen LogP contribution < -0.4 is 15.4 Å². The van der Waals surface area contributed by atoms with Gasteiger partial charge in [-0.15, -0.1) is 24.0 Å². The minimum atomic E-state index is -0.703. The first-order valence-corrected chi connectivity index (χ1v) is 9.85. The van der Waals surface area contributed by atoms with E-state index in [9.17, 15) is 8.78 Å². The summed E-state index contributed by atoms with van der Waals surface area (Å²) in [6.45, 7) is 13.1. The molecule has 0 aliphatic carbocycles. The Morgan fingerprint density at radius 2 is 1.93 bits per heavy atom. The number of hydrogen-bond acceptors (Lipinski definition) is 3. The maximum atomic E-state index is 13.5. The van der Waals surface area contributed by atoms with Crippen LogP contribution in [0.25, 0.3) is 0 Å². The Hall–Kier alpha value is -1.16. The van der Waals surface area contributed by atoms with E-state index >= 15 is 0 Å². The van der Waals surface area contributed by atoms with E-state index in [0.717, 1.165) is 51.0 Å². The highest BCUT2D eigenvalue weighted by Crippen LogP contribution is 2.17. The fourth-order valence-electron chi connectivity index (χ4n) is 2.69. The standard InChI is InChI=1S/C20H34F2N4O.HI/c1-5-23-20(25-16(4)9-8-13-26(6-2)7-3)24-12-14-27-19-11-10-17(21)15-18(19)22;/h10-11,15-16H,5-9,12-14H2,1-4H3,(H2,23,24,25);1H. The topological polar surface area (TPSA) is 48.9 Å². The van der Waals surface area contributed by atoms with Gasteiger partial charge in [-0.05, 0) is 58.5 Å². The lowest BCUT2D eigenvalue weighted by molar-refractivity contribution is 0.292. The van der Waals surface area contributed by atoms with Crippen LogP contribution in [0.15, 0.2) is 23.2 Å². The van der Waals surface area contributed by atoms with Crippen LogP contribution in [0.5, 0.6) is 5.75 Å². The average molecular weight is 512 g/mol. The molecule has 0 aliphatic rings. The number of rotatable bonds is 12. The van der Waals surface area contributed by atoms with Crippen LogP contribution in [0.3, 0.4) is 0 Å². The zero-order chi connectivity index (χ0) is 20.1. The quantitative estimate of drug-likeness (QED) is 0.192. The Morgan fingerprint density at radius 3 is 2.54 bits per heavy atom. The minimum Gasteiger partial charge on any atom is -0.489 e. The highest BCUT2D eigenvalue weighted by molar-refractivity contribution is 14.0. The molecule has 0 aromatic heterocycles. The zero-order valence-corrected chi connectivity index (χ0v) is 19.8. The summed E-state index contributed by atoms with van der Waals surface area (Å²) in [6.07, 6.45) is 2.18. The molecule has 5 nitrogen and oxygen atoms in total. The molecule has 0 amide bonds. The van der Waals surface area contributed by atoms with E-state index in [2.05, 4.69) is 41.3 Å². The van der Waals surface area contributed by atoms with Crippen LogP contribution in [0.2, 0.25) is 0 Å². The number of nitrogens with zero attached hydrogens (tertiary/aromatic N) is 2. The summed E-state index contributed by atoms with van der Waals surface area (Å²) in [7, 11) is 0. The van der Waals surface area contributed by atoms with Crippen LogP contribution in [0, 0.1) is 11.6 Å². The third-order valence-corrected chi connectivity index (χ3v) is 4.25. The minimum absolute atomic E-state index is 0. The molecule has 2 N–H and O–H groups in total. The molecule has 1 unspecified atom stereocenters. The first-order chi connectivity index (χ1) is 13.0. The van der Waals surface area contributed by atoms with Crippen molar-refractivity contribution in [1.82, 2.24) is 15.5 Å². The summed E-state index contributed by atoms with van der Waals surface area (Å²) in [4.78, 5) is 6.87. The van der Waals surface area contributed by atoms with Crippen molar-refractivity contribution in [3.05, 3.63) is 29.8 Å². The molecule has 0 bridgehead atoms. The summed E-state index contributed by atoms with van der Waals surface area (Å²) in [5.41, 5.74) is 0. The van der Waals surface area contributed by atoms with Gasteiger partial charge in [0.05, 0.1) is 6.54 Å². The van der Waals surface area contributed by atoms with Crippen molar-refractivity contribution >= 4 is 29.9 Å². The van der Waals surface area contributed by atoms with Crippen molar-refractivity contribution < 1.29 is 13.5 Å². The molecule has 0 heterocycles. The van der Waals surface area contributed by atoms with Gasteiger partial charge in [-0.1, -0.05) is 13.8 Å². The molecule has 0 saturated carbocycles. The Morgan fingerprint density at radius 1 is 1.21 bits per heavy atom. The van der Waals surface area contributed by atoms with Gasteiger partial charge in [-0.3, -0.25) is 0 Å². The molecular weight excluding hydrogens is 477 g/mol. The number of ether oxygens (including phenoxy) is 1. The first-order valence-electron chi connectivity index (χ1n) is 9.85. The van der Waals surface area contributed by atoms with Gasteiger partial charge in [0.1, 0.15) is 12.4 Å². The van der Waals surface area contributed by atoms with Crippen molar-refractivity contribution in [2.75, 3.05) is 39.3 Å². The predicted molar refractivity (Wildman–Crippen MR) is 123 cm³/mol. The largest absolute Gasteiger partial charge is 0.489 e. The number of hydrogen-bond donors (Lipinski definition) is 2. The Balaban J connectivity index is 0.00000729. The number of benzene rings is 1. The van der Waals surface area contributed by atoms with Gasteiger partial charge >= 0.3 is 0 Å². The van der Waals surface area contributed by atoms with E-state index in [1.54, 1.807) is 0 Å². The van der Waals surface area contributed by atoms with E-state index < -0.39 is 11.6 Å². The first kappa shape index (κ1) is 26.8. The molecule has 1 atom stereocenters. The van der Waals surface area contributed by atoms with Gasteiger partial charge in [0.2, 0.25) is 0 Å². The van der Waals surface area contributed by atoms with E-state index in [1.807, 2.05) is 6.92 Å². The fourth-order valence-corrected chi connectivity index (χ4v) is 2.69. The van der Waals surface area contributed by atoms with Crippen molar-refractivity contribution in [2.24, 2.45) is 4.99 Å². The molecule has 0 aliphatic heterocycles. The van der Waals surface area contributed by atoms with E-state index in [-0.39, 0.29) is 36.3 Å². The lowest BCUT2D eigenvalue weighted by atomic mass is 10.2. The maximum Gasteiger partial charge on any atom is 0.191 e. The van der Waals surface area contributed by atoms with Crippen LogP contribution in [0.1, 0.15) is 40.5 Å². The van der Waals surface area contributed by atoms with Crippen LogP contribution in [0.4, 0.5) is 8.78 Å². The number of nitrogens with one attached hydrogen (secondary N) is 2. The molecule has 0 saturated heterocycles. The molecule has 0 spiro atoms. The Kier molecular flexibility index (Phi) is 15.1. The van der Waals surface area contributed by atoms with Gasteiger partial charge in [0.15, 0.2) is 17.5 Å². The van der Waals surface area contributed by atoms with Crippen LogP contribution in [-0.2, 0) is 0 Å². The van der Waals surface area contributed by atoms with E-state index in [0.29, 0.717) is 12.6 Å². The maximum absolute atomic E-state index is 13.5. The molecule has 0 radical (unpaired) electrons. The molecular formula is C20H35F2IN4O. The van der Waals surface area contributed by atoms with Gasteiger partial charge in [0.25, 0.3) is 0 Å². The Labute approximate surface area is 185 Å². The molecule has 0 fully saturated rings. The second-order valence-corrected chi connectivity index (χ2v) is 6.40. The third kappa shape index (κ3) is 11.0. The summed E-state index contributed by atoms with van der Waals surface area (Å²) >= 11 is 0. The molecule has 162 valence electrons. The summed E-state index contributed by atoms with van der Waals surface area (Å²) in [6, 6.07) is 3.57. The summed E-state index contributed by atoms with van der Waals surface area (Å²) in [5.74, 6) is -0.567. The molecule has 8 heteroatoms. The van der Waals surface area contributed by atoms with Crippen molar-refractivity contribution in [1.29, 1.82) is 0 Å². The molecule has 28 heavy (non-hydrogen) atoms. The normalized spacial score (nSPS) is 12.5. The summed E-state index contributed by atoms with van der Waals surface area (Å²) in [5, 5.41) is 6.59. The third-order valence-electron chi connectivity index (χ3n) is 4.25. The number of halogens is 3. The van der Waals surface area contributed by atoms with E-state index in [1.165, 1.54) is 12.1 Å². The monoisotopic (exact) mass is 512 g/mol. The highest BCUT2D eigenvalue weighted by atomic mass is 127. The lowest BCUT2D eigenvalue weighted by Crippen LogP contribution is -2.42. The van der Waals surface area contributed by atoms with Crippen LogP contribution >= 0.6 is 24.0 Å². The smallest absolute Gasteiger partial charge is 0.191 e. The number of aliphatic imine (C=N–C) groups is 1. The number of guanidine groups is 1. The van der Waals surface area contributed by atoms with Crippen molar-refractivity contribution in [2.45, 2.75) is 46.6 Å².